The second-order valence-electron chi connectivity index (χ2n) is 4.45. The first-order valence-electron chi connectivity index (χ1n) is 5.41. The Balaban J connectivity index is 2.39. The highest BCUT2D eigenvalue weighted by Crippen LogP contribution is 2.23. The molecule has 1 saturated carbocycles. The molecule has 0 unspecified atom stereocenters. The molecule has 0 N–H and O–H groups in total. The first kappa shape index (κ1) is 10.7. The molecule has 1 rings (SSSR count). The Morgan fingerprint density at radius 1 is 1.38 bits per heavy atom. The summed E-state index contributed by atoms with van der Waals surface area (Å²) in [6.45, 7) is 6.13. The molecule has 0 aromatic heterocycles. The SMILES string of the molecule is CC(C)CN(CC=O)C1CCCC1. The summed E-state index contributed by atoms with van der Waals surface area (Å²) >= 11 is 0. The molecule has 2 nitrogen and oxygen atoms in total. The van der Waals surface area contributed by atoms with E-state index in [9.17, 15) is 4.79 Å². The van der Waals surface area contributed by atoms with E-state index in [1.165, 1.54) is 25.7 Å². The number of hydrogen-bond acceptors (Lipinski definition) is 2. The standard InChI is InChI=1S/C11H21NO/c1-10(2)9-12(7-8-13)11-5-3-4-6-11/h8,10-11H,3-7,9H2,1-2H3. The van der Waals surface area contributed by atoms with E-state index in [-0.39, 0.29) is 0 Å². The molecule has 0 amide bonds. The van der Waals surface area contributed by atoms with E-state index >= 15 is 0 Å². The van der Waals surface area contributed by atoms with Crippen LogP contribution >= 0.6 is 0 Å². The van der Waals surface area contributed by atoms with Crippen molar-refractivity contribution in [3.63, 3.8) is 0 Å². The van der Waals surface area contributed by atoms with Crippen LogP contribution in [0, 0.1) is 5.92 Å². The second-order valence-corrected chi connectivity index (χ2v) is 4.45. The fourth-order valence-corrected chi connectivity index (χ4v) is 2.21. The maximum Gasteiger partial charge on any atom is 0.133 e. The molecule has 0 spiro atoms. The van der Waals surface area contributed by atoms with E-state index in [1.54, 1.807) is 0 Å². The average Bonchev–Trinajstić information content (AvgIpc) is 2.54. The Labute approximate surface area is 81.3 Å². The normalized spacial score (nSPS) is 18.8. The molecule has 0 bridgehead atoms. The predicted molar refractivity (Wildman–Crippen MR) is 54.7 cm³/mol. The fraction of sp³-hybridized carbons (Fsp3) is 0.909. The van der Waals surface area contributed by atoms with Gasteiger partial charge in [0.25, 0.3) is 0 Å². The van der Waals surface area contributed by atoms with Gasteiger partial charge in [0, 0.05) is 12.6 Å². The van der Waals surface area contributed by atoms with Crippen LogP contribution in [0.2, 0.25) is 0 Å². The van der Waals surface area contributed by atoms with E-state index < -0.39 is 0 Å². The maximum absolute atomic E-state index is 10.5. The van der Waals surface area contributed by atoms with Gasteiger partial charge in [0.15, 0.2) is 0 Å². The van der Waals surface area contributed by atoms with E-state index in [2.05, 4.69) is 18.7 Å². The van der Waals surface area contributed by atoms with Gasteiger partial charge in [-0.05, 0) is 18.8 Å². The Bertz CT molecular complexity index is 150. The molecule has 0 heterocycles. The minimum atomic E-state index is 0.628. The van der Waals surface area contributed by atoms with Crippen LogP contribution in [-0.4, -0.2) is 30.3 Å². The first-order chi connectivity index (χ1) is 6.24. The van der Waals surface area contributed by atoms with Crippen LogP contribution in [-0.2, 0) is 4.79 Å². The smallest absolute Gasteiger partial charge is 0.133 e. The molecule has 0 aliphatic heterocycles. The lowest BCUT2D eigenvalue weighted by Crippen LogP contribution is -2.37. The molecule has 0 aromatic carbocycles. The van der Waals surface area contributed by atoms with Crippen LogP contribution in [0.1, 0.15) is 39.5 Å². The molecule has 0 saturated heterocycles. The third kappa shape index (κ3) is 3.47. The summed E-state index contributed by atoms with van der Waals surface area (Å²) in [5.74, 6) is 0.667. The molecule has 0 aromatic rings. The van der Waals surface area contributed by atoms with Gasteiger partial charge in [-0.3, -0.25) is 4.90 Å². The third-order valence-electron chi connectivity index (χ3n) is 2.75. The highest BCUT2D eigenvalue weighted by molar-refractivity contribution is 5.52. The van der Waals surface area contributed by atoms with Crippen molar-refractivity contribution in [2.75, 3.05) is 13.1 Å². The molecular weight excluding hydrogens is 162 g/mol. The molecule has 0 atom stereocenters. The number of nitrogens with zero attached hydrogens (tertiary/aromatic N) is 1. The van der Waals surface area contributed by atoms with Crippen molar-refractivity contribution in [3.8, 4) is 0 Å². The zero-order valence-electron chi connectivity index (χ0n) is 8.83. The van der Waals surface area contributed by atoms with E-state index in [0.717, 1.165) is 12.8 Å². The van der Waals surface area contributed by atoms with E-state index in [1.807, 2.05) is 0 Å². The van der Waals surface area contributed by atoms with Crippen LogP contribution in [0.25, 0.3) is 0 Å². The summed E-state index contributed by atoms with van der Waals surface area (Å²) < 4.78 is 0. The largest absolute Gasteiger partial charge is 0.302 e. The summed E-state index contributed by atoms with van der Waals surface area (Å²) in [5, 5.41) is 0. The molecule has 1 fully saturated rings. The third-order valence-corrected chi connectivity index (χ3v) is 2.75. The molecule has 13 heavy (non-hydrogen) atoms. The highest BCUT2D eigenvalue weighted by Gasteiger charge is 2.22. The maximum atomic E-state index is 10.5. The minimum Gasteiger partial charge on any atom is -0.302 e. The van der Waals surface area contributed by atoms with Gasteiger partial charge in [-0.15, -0.1) is 0 Å². The Hall–Kier alpha value is -0.370. The summed E-state index contributed by atoms with van der Waals surface area (Å²) in [6, 6.07) is 0.688. The van der Waals surface area contributed by atoms with Gasteiger partial charge >= 0.3 is 0 Å². The Kier molecular flexibility index (Phi) is 4.43. The monoisotopic (exact) mass is 183 g/mol. The Morgan fingerprint density at radius 3 is 2.46 bits per heavy atom. The van der Waals surface area contributed by atoms with Crippen molar-refractivity contribution in [1.29, 1.82) is 0 Å². The number of carbonyl (C=O) groups excluding carboxylic acids is 1. The van der Waals surface area contributed by atoms with E-state index in [4.69, 9.17) is 0 Å². The lowest BCUT2D eigenvalue weighted by Gasteiger charge is -2.28. The van der Waals surface area contributed by atoms with Crippen molar-refractivity contribution in [2.24, 2.45) is 5.92 Å². The van der Waals surface area contributed by atoms with Gasteiger partial charge < -0.3 is 4.79 Å². The van der Waals surface area contributed by atoms with Crippen molar-refractivity contribution in [3.05, 3.63) is 0 Å². The summed E-state index contributed by atoms with van der Waals surface area (Å²) in [7, 11) is 0. The zero-order chi connectivity index (χ0) is 9.68. The number of carbonyl (C=O) groups is 1. The summed E-state index contributed by atoms with van der Waals surface area (Å²) in [6.07, 6.45) is 6.32. The topological polar surface area (TPSA) is 20.3 Å². The van der Waals surface area contributed by atoms with Crippen LogP contribution in [0.4, 0.5) is 0 Å². The van der Waals surface area contributed by atoms with Crippen LogP contribution in [0.5, 0.6) is 0 Å². The second kappa shape index (κ2) is 5.38. The predicted octanol–water partition coefficient (Wildman–Crippen LogP) is 2.09. The number of aldehydes is 1. The highest BCUT2D eigenvalue weighted by atomic mass is 16.1. The van der Waals surface area contributed by atoms with Crippen molar-refractivity contribution in [1.82, 2.24) is 4.90 Å². The molecule has 2 heteroatoms. The lowest BCUT2D eigenvalue weighted by atomic mass is 10.1. The van der Waals surface area contributed by atoms with Crippen LogP contribution in [0.3, 0.4) is 0 Å². The fourth-order valence-electron chi connectivity index (χ4n) is 2.21. The van der Waals surface area contributed by atoms with Gasteiger partial charge in [0.2, 0.25) is 0 Å². The van der Waals surface area contributed by atoms with Gasteiger partial charge in [-0.1, -0.05) is 26.7 Å². The molecule has 1 aliphatic rings. The molecule has 0 radical (unpaired) electrons. The molecule has 76 valence electrons. The van der Waals surface area contributed by atoms with Gasteiger partial charge in [-0.25, -0.2) is 0 Å². The minimum absolute atomic E-state index is 0.628. The first-order valence-corrected chi connectivity index (χ1v) is 5.41. The Morgan fingerprint density at radius 2 is 2.00 bits per heavy atom. The number of rotatable bonds is 5. The van der Waals surface area contributed by atoms with Crippen LogP contribution < -0.4 is 0 Å². The lowest BCUT2D eigenvalue weighted by molar-refractivity contribution is -0.109. The molecule has 1 aliphatic carbocycles. The van der Waals surface area contributed by atoms with Crippen molar-refractivity contribution in [2.45, 2.75) is 45.6 Å². The van der Waals surface area contributed by atoms with Crippen LogP contribution in [0.15, 0.2) is 0 Å². The quantitative estimate of drug-likeness (QED) is 0.608. The van der Waals surface area contributed by atoms with Gasteiger partial charge in [0.05, 0.1) is 6.54 Å². The summed E-state index contributed by atoms with van der Waals surface area (Å²) in [5.41, 5.74) is 0. The summed E-state index contributed by atoms with van der Waals surface area (Å²) in [4.78, 5) is 12.9. The van der Waals surface area contributed by atoms with Gasteiger partial charge in [-0.2, -0.15) is 0 Å². The molecular formula is C11H21NO. The zero-order valence-corrected chi connectivity index (χ0v) is 8.83. The van der Waals surface area contributed by atoms with Crippen molar-refractivity contribution < 1.29 is 4.79 Å². The van der Waals surface area contributed by atoms with Crippen molar-refractivity contribution >= 4 is 6.29 Å². The average molecular weight is 183 g/mol. The van der Waals surface area contributed by atoms with Gasteiger partial charge in [0.1, 0.15) is 6.29 Å². The van der Waals surface area contributed by atoms with E-state index in [0.29, 0.717) is 18.5 Å². The number of hydrogen-bond donors (Lipinski definition) is 0.